The van der Waals surface area contributed by atoms with Crippen LogP contribution in [0.1, 0.15) is 13.3 Å². The highest BCUT2D eigenvalue weighted by atomic mass is 16.5. The Morgan fingerprint density at radius 3 is 3.07 bits per heavy atom. The van der Waals surface area contributed by atoms with E-state index in [0.717, 1.165) is 39.3 Å². The van der Waals surface area contributed by atoms with Crippen LogP contribution in [-0.2, 0) is 11.3 Å². The van der Waals surface area contributed by atoms with Gasteiger partial charge in [0.05, 0.1) is 12.8 Å². The maximum atomic E-state index is 5.20. The molecule has 0 spiro atoms. The van der Waals surface area contributed by atoms with Crippen molar-refractivity contribution in [2.45, 2.75) is 19.9 Å². The monoisotopic (exact) mass is 198 g/mol. The van der Waals surface area contributed by atoms with Crippen molar-refractivity contribution in [2.24, 2.45) is 0 Å². The zero-order valence-electron chi connectivity index (χ0n) is 8.65. The molecule has 1 heterocycles. The molecule has 0 radical (unpaired) electrons. The molecule has 0 unspecified atom stereocenters. The lowest BCUT2D eigenvalue weighted by molar-refractivity contribution is 0.149. The second kappa shape index (κ2) is 7.46. The van der Waals surface area contributed by atoms with Crippen LogP contribution >= 0.6 is 0 Å². The highest BCUT2D eigenvalue weighted by Gasteiger charge is 1.91. The molecule has 5 nitrogen and oxygen atoms in total. The fraction of sp³-hybridized carbons (Fsp3) is 0.778. The molecule has 0 aliphatic rings. The summed E-state index contributed by atoms with van der Waals surface area (Å²) in [4.78, 5) is 0. The Bertz CT molecular complexity index is 213. The Morgan fingerprint density at radius 2 is 2.36 bits per heavy atom. The number of rotatable bonds is 8. The van der Waals surface area contributed by atoms with Crippen molar-refractivity contribution in [3.63, 3.8) is 0 Å². The van der Waals surface area contributed by atoms with Gasteiger partial charge in [-0.05, 0) is 19.9 Å². The van der Waals surface area contributed by atoms with Gasteiger partial charge in [-0.3, -0.25) is 4.68 Å². The van der Waals surface area contributed by atoms with Crippen molar-refractivity contribution < 1.29 is 4.74 Å². The SMILES string of the molecule is CCOCCNCCCn1ccnn1. The van der Waals surface area contributed by atoms with Gasteiger partial charge >= 0.3 is 0 Å². The molecule has 1 rings (SSSR count). The van der Waals surface area contributed by atoms with E-state index in [9.17, 15) is 0 Å². The maximum absolute atomic E-state index is 5.20. The van der Waals surface area contributed by atoms with Gasteiger partial charge in [0.2, 0.25) is 0 Å². The van der Waals surface area contributed by atoms with Crippen molar-refractivity contribution in [3.8, 4) is 0 Å². The highest BCUT2D eigenvalue weighted by Crippen LogP contribution is 1.85. The highest BCUT2D eigenvalue weighted by molar-refractivity contribution is 4.63. The summed E-state index contributed by atoms with van der Waals surface area (Å²) in [5.74, 6) is 0. The predicted octanol–water partition coefficient (Wildman–Crippen LogP) is 0.294. The lowest BCUT2D eigenvalue weighted by Gasteiger charge is -2.04. The fourth-order valence-corrected chi connectivity index (χ4v) is 1.13. The van der Waals surface area contributed by atoms with Crippen LogP contribution in [0.3, 0.4) is 0 Å². The van der Waals surface area contributed by atoms with Crippen LogP contribution < -0.4 is 5.32 Å². The van der Waals surface area contributed by atoms with Gasteiger partial charge in [-0.2, -0.15) is 0 Å². The molecular formula is C9H18N4O. The zero-order valence-corrected chi connectivity index (χ0v) is 8.65. The van der Waals surface area contributed by atoms with Gasteiger partial charge < -0.3 is 10.1 Å². The van der Waals surface area contributed by atoms with E-state index in [-0.39, 0.29) is 0 Å². The smallest absolute Gasteiger partial charge is 0.0692 e. The van der Waals surface area contributed by atoms with E-state index in [2.05, 4.69) is 15.6 Å². The Balaban J connectivity index is 1.85. The van der Waals surface area contributed by atoms with E-state index < -0.39 is 0 Å². The summed E-state index contributed by atoms with van der Waals surface area (Å²) in [6.07, 6.45) is 4.64. The molecule has 0 saturated carbocycles. The first-order valence-corrected chi connectivity index (χ1v) is 5.06. The molecule has 5 heteroatoms. The van der Waals surface area contributed by atoms with Crippen molar-refractivity contribution in [3.05, 3.63) is 12.4 Å². The summed E-state index contributed by atoms with van der Waals surface area (Å²) in [6, 6.07) is 0. The molecule has 1 aromatic rings. The number of nitrogens with one attached hydrogen (secondary N) is 1. The van der Waals surface area contributed by atoms with E-state index in [0.29, 0.717) is 0 Å². The second-order valence-corrected chi connectivity index (χ2v) is 2.97. The van der Waals surface area contributed by atoms with Crippen LogP contribution in [0.15, 0.2) is 12.4 Å². The van der Waals surface area contributed by atoms with Gasteiger partial charge in [-0.25, -0.2) is 0 Å². The minimum absolute atomic E-state index is 0.791. The molecule has 0 aliphatic heterocycles. The van der Waals surface area contributed by atoms with Crippen LogP contribution in [0.5, 0.6) is 0 Å². The minimum Gasteiger partial charge on any atom is -0.380 e. The Kier molecular flexibility index (Phi) is 5.94. The molecule has 0 amide bonds. The topological polar surface area (TPSA) is 52.0 Å². The van der Waals surface area contributed by atoms with Crippen LogP contribution in [0.25, 0.3) is 0 Å². The molecule has 14 heavy (non-hydrogen) atoms. The molecule has 0 bridgehead atoms. The van der Waals surface area contributed by atoms with Crippen molar-refractivity contribution in [1.29, 1.82) is 0 Å². The van der Waals surface area contributed by atoms with Gasteiger partial charge in [0.25, 0.3) is 0 Å². The largest absolute Gasteiger partial charge is 0.380 e. The van der Waals surface area contributed by atoms with Crippen LogP contribution in [0.4, 0.5) is 0 Å². The molecule has 80 valence electrons. The predicted molar refractivity (Wildman–Crippen MR) is 54.0 cm³/mol. The third kappa shape index (κ3) is 4.94. The van der Waals surface area contributed by atoms with Crippen LogP contribution in [-0.4, -0.2) is 41.3 Å². The Labute approximate surface area is 84.4 Å². The zero-order chi connectivity index (χ0) is 10.1. The van der Waals surface area contributed by atoms with Crippen LogP contribution in [0, 0.1) is 0 Å². The van der Waals surface area contributed by atoms with E-state index >= 15 is 0 Å². The van der Waals surface area contributed by atoms with Crippen LogP contribution in [0.2, 0.25) is 0 Å². The van der Waals surface area contributed by atoms with Gasteiger partial charge in [-0.15, -0.1) is 5.10 Å². The van der Waals surface area contributed by atoms with Crippen molar-refractivity contribution >= 4 is 0 Å². The molecule has 0 aromatic carbocycles. The average Bonchev–Trinajstić information content (AvgIpc) is 2.69. The molecule has 0 fully saturated rings. The van der Waals surface area contributed by atoms with Crippen molar-refractivity contribution in [1.82, 2.24) is 20.3 Å². The molecule has 0 saturated heterocycles. The molecule has 1 aromatic heterocycles. The Hall–Kier alpha value is -0.940. The summed E-state index contributed by atoms with van der Waals surface area (Å²) < 4.78 is 7.03. The number of aromatic nitrogens is 3. The normalized spacial score (nSPS) is 10.6. The molecular weight excluding hydrogens is 180 g/mol. The van der Waals surface area contributed by atoms with Crippen molar-refractivity contribution in [2.75, 3.05) is 26.3 Å². The lowest BCUT2D eigenvalue weighted by Crippen LogP contribution is -2.22. The van der Waals surface area contributed by atoms with Gasteiger partial charge in [-0.1, -0.05) is 5.21 Å². The maximum Gasteiger partial charge on any atom is 0.0692 e. The summed E-state index contributed by atoms with van der Waals surface area (Å²) in [7, 11) is 0. The number of hydrogen-bond donors (Lipinski definition) is 1. The van der Waals surface area contributed by atoms with Gasteiger partial charge in [0.1, 0.15) is 0 Å². The first-order valence-electron chi connectivity index (χ1n) is 5.06. The third-order valence-electron chi connectivity index (χ3n) is 1.84. The van der Waals surface area contributed by atoms with Gasteiger partial charge in [0.15, 0.2) is 0 Å². The number of ether oxygens (including phenoxy) is 1. The number of nitrogens with zero attached hydrogens (tertiary/aromatic N) is 3. The minimum atomic E-state index is 0.791. The van der Waals surface area contributed by atoms with E-state index in [1.54, 1.807) is 6.20 Å². The lowest BCUT2D eigenvalue weighted by atomic mass is 10.4. The number of aryl methyl sites for hydroxylation is 1. The standard InChI is InChI=1S/C9H18N4O/c1-2-14-9-6-10-4-3-7-13-8-5-11-12-13/h5,8,10H,2-4,6-7,9H2,1H3. The third-order valence-corrected chi connectivity index (χ3v) is 1.84. The van der Waals surface area contributed by atoms with E-state index in [1.807, 2.05) is 17.8 Å². The first kappa shape index (κ1) is 11.1. The molecule has 0 aliphatic carbocycles. The summed E-state index contributed by atoms with van der Waals surface area (Å²) in [5, 5.41) is 10.9. The summed E-state index contributed by atoms with van der Waals surface area (Å²) in [6.45, 7) is 6.42. The fourth-order valence-electron chi connectivity index (χ4n) is 1.13. The Morgan fingerprint density at radius 1 is 1.43 bits per heavy atom. The number of hydrogen-bond acceptors (Lipinski definition) is 4. The first-order chi connectivity index (χ1) is 6.93. The quantitative estimate of drug-likeness (QED) is 0.610. The summed E-state index contributed by atoms with van der Waals surface area (Å²) >= 11 is 0. The van der Waals surface area contributed by atoms with Gasteiger partial charge in [0, 0.05) is 25.9 Å². The van der Waals surface area contributed by atoms with E-state index in [4.69, 9.17) is 4.74 Å². The molecule has 0 atom stereocenters. The summed E-state index contributed by atoms with van der Waals surface area (Å²) in [5.41, 5.74) is 0. The average molecular weight is 198 g/mol. The molecule has 1 N–H and O–H groups in total. The van der Waals surface area contributed by atoms with E-state index in [1.165, 1.54) is 0 Å². The second-order valence-electron chi connectivity index (χ2n) is 2.97.